The average molecular weight is 264 g/mol. The number of rotatable bonds is 7. The molecule has 1 aliphatic rings. The molecule has 3 heteroatoms. The molecule has 0 aliphatic heterocycles. The Labute approximate surface area is 117 Å². The Bertz CT molecular complexity index is 380. The van der Waals surface area contributed by atoms with Gasteiger partial charge in [-0.15, -0.1) is 0 Å². The van der Waals surface area contributed by atoms with Crippen LogP contribution in [-0.4, -0.2) is 24.0 Å². The first kappa shape index (κ1) is 14.6. The van der Waals surface area contributed by atoms with Gasteiger partial charge in [-0.05, 0) is 38.9 Å². The fourth-order valence-electron chi connectivity index (χ4n) is 3.07. The summed E-state index contributed by atoms with van der Waals surface area (Å²) in [5.41, 5.74) is 1.30. The van der Waals surface area contributed by atoms with E-state index in [0.29, 0.717) is 0 Å². The molecule has 1 fully saturated rings. The minimum Gasteiger partial charge on any atom is -0.465 e. The standard InChI is InChI=1S/C16H28N2O/c1-4-17-11-14-10-16(19-13(14)3)12-18(5-2)15-8-6-7-9-15/h10,15,17H,4-9,11-12H2,1-3H3. The number of hydrogen-bond acceptors (Lipinski definition) is 3. The third-order valence-corrected chi connectivity index (χ3v) is 4.24. The van der Waals surface area contributed by atoms with Gasteiger partial charge in [-0.1, -0.05) is 26.7 Å². The zero-order chi connectivity index (χ0) is 13.7. The van der Waals surface area contributed by atoms with Gasteiger partial charge < -0.3 is 9.73 Å². The molecule has 0 spiro atoms. The van der Waals surface area contributed by atoms with Crippen LogP contribution in [0.3, 0.4) is 0 Å². The van der Waals surface area contributed by atoms with Gasteiger partial charge in [-0.2, -0.15) is 0 Å². The Morgan fingerprint density at radius 1 is 1.32 bits per heavy atom. The molecule has 0 atom stereocenters. The van der Waals surface area contributed by atoms with E-state index in [4.69, 9.17) is 4.42 Å². The maximum absolute atomic E-state index is 5.92. The summed E-state index contributed by atoms with van der Waals surface area (Å²) in [7, 11) is 0. The van der Waals surface area contributed by atoms with Crippen LogP contribution >= 0.6 is 0 Å². The quantitative estimate of drug-likeness (QED) is 0.817. The van der Waals surface area contributed by atoms with E-state index >= 15 is 0 Å². The van der Waals surface area contributed by atoms with E-state index in [2.05, 4.69) is 37.1 Å². The van der Waals surface area contributed by atoms with Gasteiger partial charge in [0.25, 0.3) is 0 Å². The largest absolute Gasteiger partial charge is 0.465 e. The van der Waals surface area contributed by atoms with Crippen molar-refractivity contribution in [1.29, 1.82) is 0 Å². The monoisotopic (exact) mass is 264 g/mol. The third kappa shape index (κ3) is 3.83. The lowest BCUT2D eigenvalue weighted by molar-refractivity contribution is 0.184. The first-order chi connectivity index (χ1) is 9.24. The number of nitrogens with one attached hydrogen (secondary N) is 1. The summed E-state index contributed by atoms with van der Waals surface area (Å²) in [4.78, 5) is 2.57. The van der Waals surface area contributed by atoms with Crippen molar-refractivity contribution >= 4 is 0 Å². The predicted octanol–water partition coefficient (Wildman–Crippen LogP) is 3.46. The molecule has 0 aromatic carbocycles. The molecular formula is C16H28N2O. The molecule has 1 aromatic rings. The minimum atomic E-state index is 0.771. The molecule has 19 heavy (non-hydrogen) atoms. The van der Waals surface area contributed by atoms with Gasteiger partial charge >= 0.3 is 0 Å². The van der Waals surface area contributed by atoms with Crippen LogP contribution in [0.2, 0.25) is 0 Å². The van der Waals surface area contributed by atoms with Crippen LogP contribution in [0.5, 0.6) is 0 Å². The molecule has 3 nitrogen and oxygen atoms in total. The summed E-state index contributed by atoms with van der Waals surface area (Å²) in [5.74, 6) is 2.19. The molecule has 0 amide bonds. The van der Waals surface area contributed by atoms with E-state index in [1.54, 1.807) is 0 Å². The molecule has 0 bridgehead atoms. The van der Waals surface area contributed by atoms with Gasteiger partial charge in [0.2, 0.25) is 0 Å². The second-order valence-electron chi connectivity index (χ2n) is 5.58. The normalized spacial score (nSPS) is 16.6. The summed E-state index contributed by atoms with van der Waals surface area (Å²) >= 11 is 0. The van der Waals surface area contributed by atoms with Gasteiger partial charge in [0.1, 0.15) is 11.5 Å². The van der Waals surface area contributed by atoms with Gasteiger partial charge in [-0.25, -0.2) is 0 Å². The third-order valence-electron chi connectivity index (χ3n) is 4.24. The summed E-state index contributed by atoms with van der Waals surface area (Å²) in [6.45, 7) is 10.5. The fraction of sp³-hybridized carbons (Fsp3) is 0.750. The number of aryl methyl sites for hydroxylation is 1. The Hall–Kier alpha value is -0.800. The first-order valence-electron chi connectivity index (χ1n) is 7.77. The van der Waals surface area contributed by atoms with Crippen LogP contribution in [-0.2, 0) is 13.1 Å². The molecule has 1 aliphatic carbocycles. The van der Waals surface area contributed by atoms with Crippen LogP contribution in [0.4, 0.5) is 0 Å². The van der Waals surface area contributed by atoms with Crippen molar-refractivity contribution in [3.63, 3.8) is 0 Å². The summed E-state index contributed by atoms with van der Waals surface area (Å²) in [5, 5.41) is 3.37. The Balaban J connectivity index is 1.96. The van der Waals surface area contributed by atoms with Crippen LogP contribution in [0.15, 0.2) is 10.5 Å². The lowest BCUT2D eigenvalue weighted by Crippen LogP contribution is -2.32. The molecular weight excluding hydrogens is 236 g/mol. The summed E-state index contributed by atoms with van der Waals surface area (Å²) in [6.07, 6.45) is 5.50. The highest BCUT2D eigenvalue weighted by atomic mass is 16.3. The van der Waals surface area contributed by atoms with Crippen molar-refractivity contribution in [2.24, 2.45) is 0 Å². The van der Waals surface area contributed by atoms with Gasteiger partial charge in [0, 0.05) is 18.2 Å². The number of nitrogens with zero attached hydrogens (tertiary/aromatic N) is 1. The molecule has 0 unspecified atom stereocenters. The van der Waals surface area contributed by atoms with Crippen molar-refractivity contribution in [2.75, 3.05) is 13.1 Å². The molecule has 1 N–H and O–H groups in total. The van der Waals surface area contributed by atoms with E-state index in [0.717, 1.165) is 43.7 Å². The van der Waals surface area contributed by atoms with Gasteiger partial charge in [0.15, 0.2) is 0 Å². The molecule has 0 radical (unpaired) electrons. The minimum absolute atomic E-state index is 0.771. The van der Waals surface area contributed by atoms with E-state index in [-0.39, 0.29) is 0 Å². The molecule has 0 saturated heterocycles. The van der Waals surface area contributed by atoms with Crippen molar-refractivity contribution in [1.82, 2.24) is 10.2 Å². The summed E-state index contributed by atoms with van der Waals surface area (Å²) in [6, 6.07) is 3.00. The van der Waals surface area contributed by atoms with Crippen LogP contribution < -0.4 is 5.32 Å². The highest BCUT2D eigenvalue weighted by Crippen LogP contribution is 2.25. The Morgan fingerprint density at radius 3 is 2.68 bits per heavy atom. The zero-order valence-corrected chi connectivity index (χ0v) is 12.7. The zero-order valence-electron chi connectivity index (χ0n) is 12.7. The van der Waals surface area contributed by atoms with Gasteiger partial charge in [0.05, 0.1) is 6.54 Å². The highest BCUT2D eigenvalue weighted by Gasteiger charge is 2.22. The molecule has 1 saturated carbocycles. The second-order valence-corrected chi connectivity index (χ2v) is 5.58. The molecule has 1 aromatic heterocycles. The molecule has 1 heterocycles. The van der Waals surface area contributed by atoms with Gasteiger partial charge in [-0.3, -0.25) is 4.90 Å². The van der Waals surface area contributed by atoms with Crippen molar-refractivity contribution < 1.29 is 4.42 Å². The second kappa shape index (κ2) is 7.11. The first-order valence-corrected chi connectivity index (χ1v) is 7.77. The predicted molar refractivity (Wildman–Crippen MR) is 79.2 cm³/mol. The summed E-state index contributed by atoms with van der Waals surface area (Å²) < 4.78 is 5.92. The van der Waals surface area contributed by atoms with E-state index in [9.17, 15) is 0 Å². The smallest absolute Gasteiger partial charge is 0.118 e. The Morgan fingerprint density at radius 2 is 2.05 bits per heavy atom. The fourth-order valence-corrected chi connectivity index (χ4v) is 3.07. The lowest BCUT2D eigenvalue weighted by Gasteiger charge is -2.26. The van der Waals surface area contributed by atoms with E-state index < -0.39 is 0 Å². The van der Waals surface area contributed by atoms with Crippen LogP contribution in [0.25, 0.3) is 0 Å². The van der Waals surface area contributed by atoms with Crippen molar-refractivity contribution in [2.45, 2.75) is 65.6 Å². The highest BCUT2D eigenvalue weighted by molar-refractivity contribution is 5.20. The van der Waals surface area contributed by atoms with Crippen LogP contribution in [0.1, 0.15) is 56.6 Å². The number of furan rings is 1. The van der Waals surface area contributed by atoms with Crippen molar-refractivity contribution in [3.05, 3.63) is 23.2 Å². The van der Waals surface area contributed by atoms with E-state index in [1.165, 1.54) is 31.2 Å². The number of hydrogen-bond donors (Lipinski definition) is 1. The molecule has 2 rings (SSSR count). The lowest BCUT2D eigenvalue weighted by atomic mass is 10.2. The van der Waals surface area contributed by atoms with E-state index in [1.807, 2.05) is 0 Å². The Kier molecular flexibility index (Phi) is 5.46. The topological polar surface area (TPSA) is 28.4 Å². The maximum atomic E-state index is 5.92. The average Bonchev–Trinajstić information content (AvgIpc) is 3.03. The van der Waals surface area contributed by atoms with Crippen LogP contribution in [0, 0.1) is 6.92 Å². The molecule has 108 valence electrons. The maximum Gasteiger partial charge on any atom is 0.118 e. The van der Waals surface area contributed by atoms with Crippen molar-refractivity contribution in [3.8, 4) is 0 Å². The SMILES string of the molecule is CCNCc1cc(CN(CC)C2CCCC2)oc1C.